The van der Waals surface area contributed by atoms with E-state index in [9.17, 15) is 12.8 Å². The van der Waals surface area contributed by atoms with Gasteiger partial charge < -0.3 is 5.73 Å². The lowest BCUT2D eigenvalue weighted by Crippen LogP contribution is -2.25. The van der Waals surface area contributed by atoms with Crippen molar-refractivity contribution in [2.75, 3.05) is 0 Å². The van der Waals surface area contributed by atoms with Crippen LogP contribution in [0, 0.1) is 5.82 Å². The molecule has 0 atom stereocenters. The lowest BCUT2D eigenvalue weighted by atomic mass is 10.2. The fourth-order valence-electron chi connectivity index (χ4n) is 1.85. The fraction of sp³-hybridized carbons (Fsp3) is 0.143. The summed E-state index contributed by atoms with van der Waals surface area (Å²) in [4.78, 5) is -0.146. The molecule has 0 bridgehead atoms. The van der Waals surface area contributed by atoms with Gasteiger partial charge in [0.25, 0.3) is 0 Å². The smallest absolute Gasteiger partial charge is 0.241 e. The molecule has 0 aliphatic heterocycles. The average molecular weight is 329 g/mol. The van der Waals surface area contributed by atoms with Gasteiger partial charge in [-0.15, -0.1) is 0 Å². The van der Waals surface area contributed by atoms with E-state index in [1.54, 1.807) is 24.3 Å². The standard InChI is InChI=1S/C14H14ClFN2O2S/c15-12-3-1-2-10(6-12)9-18-21(19,20)14-7-13(16)5-4-11(14)8-17/h1-7,18H,8-9,17H2. The minimum Gasteiger partial charge on any atom is -0.326 e. The first-order valence-electron chi connectivity index (χ1n) is 6.15. The molecule has 0 unspecified atom stereocenters. The maximum absolute atomic E-state index is 13.3. The Bertz CT molecular complexity index is 750. The van der Waals surface area contributed by atoms with Crippen molar-refractivity contribution in [2.45, 2.75) is 18.0 Å². The van der Waals surface area contributed by atoms with Crippen LogP contribution in [0.1, 0.15) is 11.1 Å². The van der Waals surface area contributed by atoms with Crippen molar-refractivity contribution in [3.8, 4) is 0 Å². The Kier molecular flexibility index (Phi) is 4.95. The van der Waals surface area contributed by atoms with Crippen LogP contribution in [0.15, 0.2) is 47.4 Å². The molecule has 2 rings (SSSR count). The highest BCUT2D eigenvalue weighted by molar-refractivity contribution is 7.89. The number of sulfonamides is 1. The van der Waals surface area contributed by atoms with Gasteiger partial charge in [0.05, 0.1) is 4.90 Å². The summed E-state index contributed by atoms with van der Waals surface area (Å²) in [6, 6.07) is 10.3. The lowest BCUT2D eigenvalue weighted by molar-refractivity contribution is 0.575. The zero-order valence-corrected chi connectivity index (χ0v) is 12.6. The summed E-state index contributed by atoms with van der Waals surface area (Å²) in [5.74, 6) is -0.629. The van der Waals surface area contributed by atoms with Crippen molar-refractivity contribution >= 4 is 21.6 Å². The molecule has 4 nitrogen and oxygen atoms in total. The molecule has 7 heteroatoms. The number of rotatable bonds is 5. The molecule has 112 valence electrons. The Morgan fingerprint density at radius 1 is 1.19 bits per heavy atom. The van der Waals surface area contributed by atoms with Crippen molar-refractivity contribution in [1.82, 2.24) is 4.72 Å². The van der Waals surface area contributed by atoms with Crippen molar-refractivity contribution in [2.24, 2.45) is 5.73 Å². The van der Waals surface area contributed by atoms with Crippen LogP contribution in [0.25, 0.3) is 0 Å². The second-order valence-corrected chi connectivity index (χ2v) is 6.58. The normalized spacial score (nSPS) is 11.6. The van der Waals surface area contributed by atoms with E-state index in [0.717, 1.165) is 6.07 Å². The molecule has 0 aliphatic rings. The van der Waals surface area contributed by atoms with E-state index in [0.29, 0.717) is 16.1 Å². The van der Waals surface area contributed by atoms with Gasteiger partial charge in [-0.3, -0.25) is 0 Å². The molecule has 0 heterocycles. The van der Waals surface area contributed by atoms with Gasteiger partial charge >= 0.3 is 0 Å². The molecule has 0 fully saturated rings. The van der Waals surface area contributed by atoms with Crippen molar-refractivity contribution in [3.63, 3.8) is 0 Å². The molecule has 3 N–H and O–H groups in total. The van der Waals surface area contributed by atoms with Gasteiger partial charge in [-0.1, -0.05) is 29.8 Å². The Labute approximate surface area is 127 Å². The molecule has 2 aromatic rings. The maximum Gasteiger partial charge on any atom is 0.241 e. The number of hydrogen-bond acceptors (Lipinski definition) is 3. The number of nitrogens with two attached hydrogens (primary N) is 1. The Hall–Kier alpha value is -1.47. The van der Waals surface area contributed by atoms with Crippen molar-refractivity contribution < 1.29 is 12.8 Å². The van der Waals surface area contributed by atoms with E-state index in [4.69, 9.17) is 17.3 Å². The van der Waals surface area contributed by atoms with Crippen LogP contribution in [0.5, 0.6) is 0 Å². The third-order valence-electron chi connectivity index (χ3n) is 2.89. The van der Waals surface area contributed by atoms with Crippen LogP contribution in [-0.2, 0) is 23.1 Å². The fourth-order valence-corrected chi connectivity index (χ4v) is 3.34. The Balaban J connectivity index is 2.24. The summed E-state index contributed by atoms with van der Waals surface area (Å²) in [5, 5.41) is 0.514. The van der Waals surface area contributed by atoms with Gasteiger partial charge in [-0.2, -0.15) is 0 Å². The van der Waals surface area contributed by atoms with Crippen molar-refractivity contribution in [3.05, 3.63) is 64.4 Å². The summed E-state index contributed by atoms with van der Waals surface area (Å²) < 4.78 is 40.2. The quantitative estimate of drug-likeness (QED) is 0.885. The number of halogens is 2. The first kappa shape index (κ1) is 15.9. The molecule has 0 saturated carbocycles. The van der Waals surface area contributed by atoms with Gasteiger partial charge in [0, 0.05) is 18.1 Å². The minimum absolute atomic E-state index is 0.00763. The van der Waals surface area contributed by atoms with Crippen LogP contribution in [0.3, 0.4) is 0 Å². The summed E-state index contributed by atoms with van der Waals surface area (Å²) in [6.45, 7) is 0.0666. The Morgan fingerprint density at radius 2 is 1.95 bits per heavy atom. The summed E-state index contributed by atoms with van der Waals surface area (Å²) in [7, 11) is -3.85. The largest absolute Gasteiger partial charge is 0.326 e. The molecule has 0 spiro atoms. The van der Waals surface area contributed by atoms with Gasteiger partial charge in [-0.25, -0.2) is 17.5 Å². The van der Waals surface area contributed by atoms with Gasteiger partial charge in [0.2, 0.25) is 10.0 Å². The third kappa shape index (κ3) is 4.01. The molecule has 0 aromatic heterocycles. The number of nitrogens with one attached hydrogen (secondary N) is 1. The topological polar surface area (TPSA) is 72.2 Å². The second-order valence-electron chi connectivity index (χ2n) is 4.41. The van der Waals surface area contributed by atoms with E-state index in [1.165, 1.54) is 12.1 Å². The number of benzene rings is 2. The van der Waals surface area contributed by atoms with Crippen LogP contribution in [-0.4, -0.2) is 8.42 Å². The molecular weight excluding hydrogens is 315 g/mol. The van der Waals surface area contributed by atoms with Gasteiger partial charge in [0.15, 0.2) is 0 Å². The van der Waals surface area contributed by atoms with Gasteiger partial charge in [-0.05, 0) is 35.4 Å². The van der Waals surface area contributed by atoms with E-state index >= 15 is 0 Å². The molecule has 21 heavy (non-hydrogen) atoms. The zero-order chi connectivity index (χ0) is 15.5. The molecular formula is C14H14ClFN2O2S. The predicted molar refractivity (Wildman–Crippen MR) is 79.8 cm³/mol. The highest BCUT2D eigenvalue weighted by Crippen LogP contribution is 2.18. The highest BCUT2D eigenvalue weighted by Gasteiger charge is 2.18. The monoisotopic (exact) mass is 328 g/mol. The second kappa shape index (κ2) is 6.53. The molecule has 0 radical (unpaired) electrons. The zero-order valence-electron chi connectivity index (χ0n) is 11.0. The van der Waals surface area contributed by atoms with E-state index in [2.05, 4.69) is 4.72 Å². The van der Waals surface area contributed by atoms with E-state index in [-0.39, 0.29) is 18.0 Å². The average Bonchev–Trinajstić information content (AvgIpc) is 2.45. The van der Waals surface area contributed by atoms with Crippen molar-refractivity contribution in [1.29, 1.82) is 0 Å². The van der Waals surface area contributed by atoms with Crippen LogP contribution < -0.4 is 10.5 Å². The highest BCUT2D eigenvalue weighted by atomic mass is 35.5. The molecule has 2 aromatic carbocycles. The number of hydrogen-bond donors (Lipinski definition) is 2. The predicted octanol–water partition coefficient (Wildman–Crippen LogP) is 2.42. The lowest BCUT2D eigenvalue weighted by Gasteiger charge is -2.11. The van der Waals surface area contributed by atoms with Gasteiger partial charge in [0.1, 0.15) is 5.82 Å². The van der Waals surface area contributed by atoms with Crippen LogP contribution >= 0.6 is 11.6 Å². The first-order valence-corrected chi connectivity index (χ1v) is 8.01. The third-order valence-corrected chi connectivity index (χ3v) is 4.61. The van der Waals surface area contributed by atoms with E-state index in [1.807, 2.05) is 0 Å². The molecule has 0 amide bonds. The minimum atomic E-state index is -3.85. The maximum atomic E-state index is 13.3. The van der Waals surface area contributed by atoms with Crippen LogP contribution in [0.2, 0.25) is 5.02 Å². The first-order chi connectivity index (χ1) is 9.92. The SMILES string of the molecule is NCc1ccc(F)cc1S(=O)(=O)NCc1cccc(Cl)c1. The van der Waals surface area contributed by atoms with E-state index < -0.39 is 15.8 Å². The molecule has 0 saturated heterocycles. The van der Waals surface area contributed by atoms with Crippen LogP contribution in [0.4, 0.5) is 4.39 Å². The molecule has 0 aliphatic carbocycles. The summed E-state index contributed by atoms with van der Waals surface area (Å²) in [5.41, 5.74) is 6.55. The Morgan fingerprint density at radius 3 is 2.62 bits per heavy atom. The summed E-state index contributed by atoms with van der Waals surface area (Å²) in [6.07, 6.45) is 0. The summed E-state index contributed by atoms with van der Waals surface area (Å²) >= 11 is 5.84.